The van der Waals surface area contributed by atoms with Crippen molar-refractivity contribution >= 4 is 5.91 Å². The minimum Gasteiger partial charge on any atom is -0.341 e. The van der Waals surface area contributed by atoms with Crippen molar-refractivity contribution < 1.29 is 4.79 Å². The maximum absolute atomic E-state index is 12.3. The molecular formula is C15H21N3O. The molecule has 1 unspecified atom stereocenters. The third kappa shape index (κ3) is 4.08. The predicted molar refractivity (Wildman–Crippen MR) is 75.0 cm³/mol. The number of amides is 1. The minimum atomic E-state index is -0.149. The quantitative estimate of drug-likeness (QED) is 0.875. The Kier molecular flexibility index (Phi) is 5.53. The van der Waals surface area contributed by atoms with Gasteiger partial charge in [-0.05, 0) is 23.6 Å². The molecule has 1 atom stereocenters. The summed E-state index contributed by atoms with van der Waals surface area (Å²) in [7, 11) is 1.77. The molecular weight excluding hydrogens is 238 g/mol. The van der Waals surface area contributed by atoms with Crippen LogP contribution in [0.4, 0.5) is 0 Å². The van der Waals surface area contributed by atoms with E-state index in [1.807, 2.05) is 26.0 Å². The maximum atomic E-state index is 12.3. The summed E-state index contributed by atoms with van der Waals surface area (Å²) in [5.41, 5.74) is 7.22. The fourth-order valence-electron chi connectivity index (χ4n) is 2.03. The van der Waals surface area contributed by atoms with Gasteiger partial charge in [-0.1, -0.05) is 26.0 Å². The SMILES string of the molecule is CC(C)C(CN)C(=O)N(C)Cc1cccc(C#N)c1. The average Bonchev–Trinajstić information content (AvgIpc) is 2.39. The van der Waals surface area contributed by atoms with Crippen LogP contribution in [0.3, 0.4) is 0 Å². The number of carbonyl (C=O) groups excluding carboxylic acids is 1. The number of nitrogens with two attached hydrogens (primary N) is 1. The van der Waals surface area contributed by atoms with E-state index in [1.165, 1.54) is 0 Å². The molecule has 0 saturated carbocycles. The van der Waals surface area contributed by atoms with Crippen molar-refractivity contribution in [2.45, 2.75) is 20.4 Å². The van der Waals surface area contributed by atoms with Gasteiger partial charge in [-0.3, -0.25) is 4.79 Å². The van der Waals surface area contributed by atoms with Gasteiger partial charge in [0.15, 0.2) is 0 Å². The first kappa shape index (κ1) is 15.2. The standard InChI is InChI=1S/C15H21N3O/c1-11(2)14(9-17)15(19)18(3)10-13-6-4-5-12(7-13)8-16/h4-7,11,14H,9-10,17H2,1-3H3. The van der Waals surface area contributed by atoms with E-state index >= 15 is 0 Å². The van der Waals surface area contributed by atoms with Crippen molar-refractivity contribution in [2.75, 3.05) is 13.6 Å². The first-order valence-corrected chi connectivity index (χ1v) is 6.43. The van der Waals surface area contributed by atoms with Crippen molar-refractivity contribution in [1.29, 1.82) is 5.26 Å². The van der Waals surface area contributed by atoms with Gasteiger partial charge in [-0.2, -0.15) is 5.26 Å². The van der Waals surface area contributed by atoms with E-state index in [1.54, 1.807) is 24.1 Å². The lowest BCUT2D eigenvalue weighted by atomic mass is 9.94. The lowest BCUT2D eigenvalue weighted by molar-refractivity contribution is -0.135. The van der Waals surface area contributed by atoms with Crippen molar-refractivity contribution in [3.63, 3.8) is 0 Å². The second kappa shape index (κ2) is 6.91. The molecule has 0 heterocycles. The highest BCUT2D eigenvalue weighted by atomic mass is 16.2. The van der Waals surface area contributed by atoms with Crippen molar-refractivity contribution in [1.82, 2.24) is 4.90 Å². The number of benzene rings is 1. The predicted octanol–water partition coefficient (Wildman–Crippen LogP) is 1.75. The Balaban J connectivity index is 2.76. The number of hydrogen-bond acceptors (Lipinski definition) is 3. The third-order valence-electron chi connectivity index (χ3n) is 3.23. The van der Waals surface area contributed by atoms with Crippen LogP contribution in [0.5, 0.6) is 0 Å². The molecule has 1 aromatic rings. The number of hydrogen-bond donors (Lipinski definition) is 1. The zero-order chi connectivity index (χ0) is 14.4. The molecule has 0 saturated heterocycles. The molecule has 0 bridgehead atoms. The Morgan fingerprint density at radius 3 is 2.68 bits per heavy atom. The van der Waals surface area contributed by atoms with E-state index in [9.17, 15) is 4.79 Å². The van der Waals surface area contributed by atoms with Crippen LogP contribution in [0, 0.1) is 23.2 Å². The Morgan fingerprint density at radius 1 is 1.47 bits per heavy atom. The summed E-state index contributed by atoms with van der Waals surface area (Å²) in [6, 6.07) is 9.40. The molecule has 0 radical (unpaired) electrons. The van der Waals surface area contributed by atoms with E-state index in [0.717, 1.165) is 5.56 Å². The summed E-state index contributed by atoms with van der Waals surface area (Å²) < 4.78 is 0. The normalized spacial score (nSPS) is 12.0. The monoisotopic (exact) mass is 259 g/mol. The molecule has 1 aromatic carbocycles. The second-order valence-electron chi connectivity index (χ2n) is 5.09. The Hall–Kier alpha value is -1.86. The first-order chi connectivity index (χ1) is 8.99. The van der Waals surface area contributed by atoms with Crippen LogP contribution in [-0.2, 0) is 11.3 Å². The second-order valence-corrected chi connectivity index (χ2v) is 5.09. The Bertz CT molecular complexity index is 477. The third-order valence-corrected chi connectivity index (χ3v) is 3.23. The molecule has 0 aromatic heterocycles. The van der Waals surface area contributed by atoms with E-state index in [4.69, 9.17) is 11.0 Å². The Morgan fingerprint density at radius 2 is 2.16 bits per heavy atom. The summed E-state index contributed by atoms with van der Waals surface area (Å²) in [6.45, 7) is 4.86. The molecule has 0 aliphatic carbocycles. The van der Waals surface area contributed by atoms with Gasteiger partial charge in [0, 0.05) is 20.1 Å². The Labute approximate surface area is 114 Å². The zero-order valence-electron chi connectivity index (χ0n) is 11.8. The molecule has 1 amide bonds. The molecule has 4 nitrogen and oxygen atoms in total. The smallest absolute Gasteiger partial charge is 0.227 e. The van der Waals surface area contributed by atoms with Crippen LogP contribution in [-0.4, -0.2) is 24.4 Å². The molecule has 0 fully saturated rings. The average molecular weight is 259 g/mol. The molecule has 0 aliphatic rings. The van der Waals surface area contributed by atoms with Crippen LogP contribution in [0.25, 0.3) is 0 Å². The van der Waals surface area contributed by atoms with E-state index < -0.39 is 0 Å². The fraction of sp³-hybridized carbons (Fsp3) is 0.467. The van der Waals surface area contributed by atoms with Gasteiger partial charge in [0.1, 0.15) is 0 Å². The van der Waals surface area contributed by atoms with Crippen LogP contribution < -0.4 is 5.73 Å². The number of rotatable bonds is 5. The topological polar surface area (TPSA) is 70.1 Å². The van der Waals surface area contributed by atoms with Gasteiger partial charge in [-0.15, -0.1) is 0 Å². The number of nitriles is 1. The van der Waals surface area contributed by atoms with Crippen LogP contribution in [0.1, 0.15) is 25.0 Å². The van der Waals surface area contributed by atoms with Crippen molar-refractivity contribution in [3.8, 4) is 6.07 Å². The molecule has 0 spiro atoms. The molecule has 4 heteroatoms. The van der Waals surface area contributed by atoms with Crippen molar-refractivity contribution in [3.05, 3.63) is 35.4 Å². The van der Waals surface area contributed by atoms with Gasteiger partial charge < -0.3 is 10.6 Å². The molecule has 102 valence electrons. The van der Waals surface area contributed by atoms with E-state index in [-0.39, 0.29) is 17.7 Å². The van der Waals surface area contributed by atoms with Crippen LogP contribution >= 0.6 is 0 Å². The fourth-order valence-corrected chi connectivity index (χ4v) is 2.03. The summed E-state index contributed by atoms with van der Waals surface area (Å²) in [6.07, 6.45) is 0. The van der Waals surface area contributed by atoms with Crippen LogP contribution in [0.15, 0.2) is 24.3 Å². The minimum absolute atomic E-state index is 0.0554. The van der Waals surface area contributed by atoms with Crippen LogP contribution in [0.2, 0.25) is 0 Å². The van der Waals surface area contributed by atoms with Gasteiger partial charge in [0.05, 0.1) is 17.6 Å². The zero-order valence-corrected chi connectivity index (χ0v) is 11.8. The highest BCUT2D eigenvalue weighted by Crippen LogP contribution is 2.14. The summed E-state index contributed by atoms with van der Waals surface area (Å²) in [5.74, 6) is 0.134. The summed E-state index contributed by atoms with van der Waals surface area (Å²) in [5, 5.41) is 8.86. The molecule has 0 aliphatic heterocycles. The largest absolute Gasteiger partial charge is 0.341 e. The van der Waals surface area contributed by atoms with Gasteiger partial charge in [0.2, 0.25) is 5.91 Å². The molecule has 2 N–H and O–H groups in total. The number of carbonyl (C=O) groups is 1. The first-order valence-electron chi connectivity index (χ1n) is 6.43. The van der Waals surface area contributed by atoms with Gasteiger partial charge in [-0.25, -0.2) is 0 Å². The lowest BCUT2D eigenvalue weighted by Gasteiger charge is -2.25. The molecule has 1 rings (SSSR count). The van der Waals surface area contributed by atoms with Crippen molar-refractivity contribution in [2.24, 2.45) is 17.6 Å². The maximum Gasteiger partial charge on any atom is 0.227 e. The van der Waals surface area contributed by atoms with Gasteiger partial charge in [0.25, 0.3) is 0 Å². The molecule has 19 heavy (non-hydrogen) atoms. The summed E-state index contributed by atoms with van der Waals surface area (Å²) in [4.78, 5) is 13.9. The highest BCUT2D eigenvalue weighted by Gasteiger charge is 2.23. The van der Waals surface area contributed by atoms with E-state index in [0.29, 0.717) is 18.7 Å². The number of nitrogens with zero attached hydrogens (tertiary/aromatic N) is 2. The summed E-state index contributed by atoms with van der Waals surface area (Å²) >= 11 is 0. The van der Waals surface area contributed by atoms with Gasteiger partial charge >= 0.3 is 0 Å². The lowest BCUT2D eigenvalue weighted by Crippen LogP contribution is -2.38. The van der Waals surface area contributed by atoms with E-state index in [2.05, 4.69) is 6.07 Å². The highest BCUT2D eigenvalue weighted by molar-refractivity contribution is 5.79.